The van der Waals surface area contributed by atoms with Gasteiger partial charge in [-0.05, 0) is 61.0 Å². The Balaban J connectivity index is 1.85. The molecule has 0 spiro atoms. The molecule has 0 radical (unpaired) electrons. The summed E-state index contributed by atoms with van der Waals surface area (Å²) in [6.45, 7) is 1.65. The molecule has 0 aliphatic heterocycles. The standard InChI is InChI=1S/C17H17ClN2O3/c1-12(23-16-9-5-14(18)6-10-16)17(21)20-19-11-13-3-7-15(22-2)8-4-13/h3-12H,1-2H3,(H,20,21)/b19-11+. The van der Waals surface area contributed by atoms with E-state index >= 15 is 0 Å². The number of halogens is 1. The Morgan fingerprint density at radius 1 is 1.13 bits per heavy atom. The number of hydrogen-bond donors (Lipinski definition) is 1. The fourth-order valence-electron chi connectivity index (χ4n) is 1.72. The monoisotopic (exact) mass is 332 g/mol. The predicted molar refractivity (Wildman–Crippen MR) is 90.3 cm³/mol. The molecule has 0 saturated carbocycles. The van der Waals surface area contributed by atoms with Gasteiger partial charge in [-0.1, -0.05) is 11.6 Å². The molecule has 1 unspecified atom stereocenters. The number of benzene rings is 2. The molecule has 1 N–H and O–H groups in total. The molecule has 1 amide bonds. The molecule has 23 heavy (non-hydrogen) atoms. The van der Waals surface area contributed by atoms with Gasteiger partial charge in [0, 0.05) is 5.02 Å². The Kier molecular flexibility index (Phi) is 6.00. The summed E-state index contributed by atoms with van der Waals surface area (Å²) in [5.74, 6) is 0.983. The van der Waals surface area contributed by atoms with Crippen molar-refractivity contribution in [2.75, 3.05) is 7.11 Å². The second-order valence-electron chi connectivity index (χ2n) is 4.72. The van der Waals surface area contributed by atoms with E-state index in [-0.39, 0.29) is 5.91 Å². The molecular weight excluding hydrogens is 316 g/mol. The summed E-state index contributed by atoms with van der Waals surface area (Å²) < 4.78 is 10.6. The summed E-state index contributed by atoms with van der Waals surface area (Å²) in [6, 6.07) is 14.1. The second-order valence-corrected chi connectivity index (χ2v) is 5.16. The quantitative estimate of drug-likeness (QED) is 0.652. The summed E-state index contributed by atoms with van der Waals surface area (Å²) in [6.07, 6.45) is 0.871. The lowest BCUT2D eigenvalue weighted by atomic mass is 10.2. The van der Waals surface area contributed by atoms with Crippen molar-refractivity contribution in [3.63, 3.8) is 0 Å². The van der Waals surface area contributed by atoms with Crippen molar-refractivity contribution in [2.45, 2.75) is 13.0 Å². The second kappa shape index (κ2) is 8.19. The zero-order valence-corrected chi connectivity index (χ0v) is 13.6. The van der Waals surface area contributed by atoms with Crippen LogP contribution in [0.5, 0.6) is 11.5 Å². The number of hydrogen-bond acceptors (Lipinski definition) is 4. The molecule has 0 aliphatic rings. The van der Waals surface area contributed by atoms with Crippen LogP contribution in [-0.2, 0) is 4.79 Å². The molecule has 0 fully saturated rings. The topological polar surface area (TPSA) is 59.9 Å². The van der Waals surface area contributed by atoms with E-state index in [1.54, 1.807) is 44.5 Å². The number of nitrogens with one attached hydrogen (secondary N) is 1. The van der Waals surface area contributed by atoms with Gasteiger partial charge < -0.3 is 9.47 Å². The molecule has 120 valence electrons. The maximum Gasteiger partial charge on any atom is 0.280 e. The number of nitrogens with zero attached hydrogens (tertiary/aromatic N) is 1. The molecule has 0 saturated heterocycles. The van der Waals surface area contributed by atoms with Crippen molar-refractivity contribution >= 4 is 23.7 Å². The zero-order valence-electron chi connectivity index (χ0n) is 12.8. The minimum absolute atomic E-state index is 0.343. The molecule has 0 heterocycles. The van der Waals surface area contributed by atoms with E-state index in [1.165, 1.54) is 0 Å². The Morgan fingerprint density at radius 2 is 1.74 bits per heavy atom. The van der Waals surface area contributed by atoms with Gasteiger partial charge >= 0.3 is 0 Å². The zero-order chi connectivity index (χ0) is 16.7. The van der Waals surface area contributed by atoms with Crippen LogP contribution in [0.25, 0.3) is 0 Å². The molecule has 0 bridgehead atoms. The number of carbonyl (C=O) groups excluding carboxylic acids is 1. The highest BCUT2D eigenvalue weighted by Crippen LogP contribution is 2.16. The first-order chi connectivity index (χ1) is 11.1. The van der Waals surface area contributed by atoms with Gasteiger partial charge in [-0.25, -0.2) is 5.43 Å². The molecule has 0 aromatic heterocycles. The summed E-state index contributed by atoms with van der Waals surface area (Å²) in [7, 11) is 1.60. The predicted octanol–water partition coefficient (Wildman–Crippen LogP) is 3.27. The fraction of sp³-hybridized carbons (Fsp3) is 0.176. The van der Waals surface area contributed by atoms with Crippen LogP contribution in [-0.4, -0.2) is 25.3 Å². The van der Waals surface area contributed by atoms with Gasteiger partial charge in [-0.3, -0.25) is 4.79 Å². The van der Waals surface area contributed by atoms with E-state index in [0.717, 1.165) is 11.3 Å². The Morgan fingerprint density at radius 3 is 2.35 bits per heavy atom. The van der Waals surface area contributed by atoms with Gasteiger partial charge in [0.15, 0.2) is 6.10 Å². The van der Waals surface area contributed by atoms with Crippen LogP contribution in [0.2, 0.25) is 5.02 Å². The molecule has 2 rings (SSSR count). The molecule has 5 nitrogen and oxygen atoms in total. The minimum atomic E-state index is -0.677. The molecule has 2 aromatic rings. The number of hydrazone groups is 1. The van der Waals surface area contributed by atoms with E-state index < -0.39 is 6.10 Å². The molecule has 0 aliphatic carbocycles. The number of ether oxygens (including phenoxy) is 2. The first-order valence-corrected chi connectivity index (χ1v) is 7.35. The molecule has 6 heteroatoms. The number of rotatable bonds is 6. The average Bonchev–Trinajstić information content (AvgIpc) is 2.57. The maximum atomic E-state index is 11.9. The normalized spacial score (nSPS) is 12.0. The van der Waals surface area contributed by atoms with Crippen LogP contribution in [0.1, 0.15) is 12.5 Å². The molecule has 1 atom stereocenters. The highest BCUT2D eigenvalue weighted by atomic mass is 35.5. The average molecular weight is 333 g/mol. The van der Waals surface area contributed by atoms with Crippen LogP contribution >= 0.6 is 11.6 Å². The van der Waals surface area contributed by atoms with Gasteiger partial charge in [0.05, 0.1) is 13.3 Å². The third kappa shape index (κ3) is 5.30. The molecular formula is C17H17ClN2O3. The summed E-state index contributed by atoms with van der Waals surface area (Å²) in [5, 5.41) is 4.52. The summed E-state index contributed by atoms with van der Waals surface area (Å²) in [4.78, 5) is 11.9. The summed E-state index contributed by atoms with van der Waals surface area (Å²) in [5.41, 5.74) is 3.28. The maximum absolute atomic E-state index is 11.9. The van der Waals surface area contributed by atoms with Crippen molar-refractivity contribution in [1.29, 1.82) is 0 Å². The first kappa shape index (κ1) is 16.8. The first-order valence-electron chi connectivity index (χ1n) is 6.97. The Hall–Kier alpha value is -2.53. The SMILES string of the molecule is COc1ccc(/C=N/NC(=O)C(C)Oc2ccc(Cl)cc2)cc1. The van der Waals surface area contributed by atoms with Gasteiger partial charge in [0.2, 0.25) is 0 Å². The molecule has 2 aromatic carbocycles. The minimum Gasteiger partial charge on any atom is -0.497 e. The van der Waals surface area contributed by atoms with Gasteiger partial charge in [0.25, 0.3) is 5.91 Å². The lowest BCUT2D eigenvalue weighted by molar-refractivity contribution is -0.127. The van der Waals surface area contributed by atoms with E-state index in [1.807, 2.05) is 24.3 Å². The Labute approximate surface area is 139 Å². The van der Waals surface area contributed by atoms with Crippen LogP contribution in [0.3, 0.4) is 0 Å². The summed E-state index contributed by atoms with van der Waals surface area (Å²) >= 11 is 5.79. The number of amides is 1. The number of carbonyl (C=O) groups is 1. The Bertz CT molecular complexity index is 669. The lowest BCUT2D eigenvalue weighted by Gasteiger charge is -2.12. The van der Waals surface area contributed by atoms with Crippen LogP contribution in [0.4, 0.5) is 0 Å². The lowest BCUT2D eigenvalue weighted by Crippen LogP contribution is -2.33. The van der Waals surface area contributed by atoms with Crippen molar-refractivity contribution in [1.82, 2.24) is 5.43 Å². The number of methoxy groups -OCH3 is 1. The van der Waals surface area contributed by atoms with E-state index in [9.17, 15) is 4.79 Å². The van der Waals surface area contributed by atoms with Crippen molar-refractivity contribution in [3.8, 4) is 11.5 Å². The third-order valence-corrected chi connectivity index (χ3v) is 3.25. The highest BCUT2D eigenvalue weighted by molar-refractivity contribution is 6.30. The third-order valence-electron chi connectivity index (χ3n) is 3.00. The van der Waals surface area contributed by atoms with Crippen LogP contribution in [0, 0.1) is 0 Å². The van der Waals surface area contributed by atoms with E-state index in [2.05, 4.69) is 10.5 Å². The van der Waals surface area contributed by atoms with Gasteiger partial charge in [0.1, 0.15) is 11.5 Å². The largest absolute Gasteiger partial charge is 0.497 e. The van der Waals surface area contributed by atoms with Crippen LogP contribution in [0.15, 0.2) is 53.6 Å². The smallest absolute Gasteiger partial charge is 0.280 e. The van der Waals surface area contributed by atoms with E-state index in [0.29, 0.717) is 10.8 Å². The van der Waals surface area contributed by atoms with E-state index in [4.69, 9.17) is 21.1 Å². The van der Waals surface area contributed by atoms with Crippen molar-refractivity contribution in [3.05, 3.63) is 59.1 Å². The fourth-order valence-corrected chi connectivity index (χ4v) is 1.85. The highest BCUT2D eigenvalue weighted by Gasteiger charge is 2.13. The van der Waals surface area contributed by atoms with Crippen molar-refractivity contribution in [2.24, 2.45) is 5.10 Å². The van der Waals surface area contributed by atoms with Gasteiger partial charge in [-0.2, -0.15) is 5.10 Å². The van der Waals surface area contributed by atoms with Gasteiger partial charge in [-0.15, -0.1) is 0 Å². The van der Waals surface area contributed by atoms with Crippen molar-refractivity contribution < 1.29 is 14.3 Å². The van der Waals surface area contributed by atoms with Crippen LogP contribution < -0.4 is 14.9 Å².